The van der Waals surface area contributed by atoms with Gasteiger partial charge in [0.15, 0.2) is 6.10 Å². The Morgan fingerprint density at radius 3 is 2.33 bits per heavy atom. The number of ether oxygens (including phenoxy) is 1. The summed E-state index contributed by atoms with van der Waals surface area (Å²) in [6, 6.07) is 21.7. The van der Waals surface area contributed by atoms with E-state index in [-0.39, 0.29) is 28.8 Å². The Kier molecular flexibility index (Phi) is 7.14. The average molecular weight is 507 g/mol. The van der Waals surface area contributed by atoms with Gasteiger partial charge in [-0.25, -0.2) is 8.42 Å². The number of carbonyl (C=O) groups excluding carboxylic acids is 1. The molecule has 7 heteroatoms. The highest BCUT2D eigenvalue weighted by Gasteiger charge is 2.38. The maximum atomic E-state index is 13.7. The number of hydrogen-bond acceptors (Lipinski definition) is 4. The number of sulfonamides is 1. The fourth-order valence-corrected chi connectivity index (χ4v) is 5.72. The zero-order chi connectivity index (χ0) is 26.1. The number of rotatable bonds is 6. The van der Waals surface area contributed by atoms with Gasteiger partial charge in [-0.1, -0.05) is 76.2 Å². The fourth-order valence-electron chi connectivity index (χ4n) is 4.23. The lowest BCUT2D eigenvalue weighted by atomic mass is 9.86. The highest BCUT2D eigenvalue weighted by molar-refractivity contribution is 7.92. The minimum Gasteiger partial charge on any atom is -0.476 e. The SMILES string of the molecule is CCc1ccc(C(C)NC(=O)C2CN(S(=O)(=O)c3ccccc3)c3cc(C(C)(C)C)ccc3O2)cc1. The second kappa shape index (κ2) is 9.97. The van der Waals surface area contributed by atoms with Crippen LogP contribution in [-0.2, 0) is 26.7 Å². The molecule has 4 rings (SSSR count). The summed E-state index contributed by atoms with van der Waals surface area (Å²) in [6.45, 7) is 10.1. The highest BCUT2D eigenvalue weighted by atomic mass is 32.2. The van der Waals surface area contributed by atoms with Crippen LogP contribution in [0.1, 0.15) is 57.4 Å². The molecule has 1 N–H and O–H groups in total. The van der Waals surface area contributed by atoms with Crippen LogP contribution in [0.5, 0.6) is 5.75 Å². The van der Waals surface area contributed by atoms with Crippen molar-refractivity contribution >= 4 is 21.6 Å². The van der Waals surface area contributed by atoms with Gasteiger partial charge >= 0.3 is 0 Å². The van der Waals surface area contributed by atoms with Gasteiger partial charge < -0.3 is 10.1 Å². The molecule has 0 aliphatic carbocycles. The molecule has 0 saturated carbocycles. The summed E-state index contributed by atoms with van der Waals surface area (Å²) in [7, 11) is -3.92. The van der Waals surface area contributed by atoms with E-state index in [4.69, 9.17) is 4.74 Å². The number of benzene rings is 3. The Morgan fingerprint density at radius 1 is 1.06 bits per heavy atom. The molecule has 6 nitrogen and oxygen atoms in total. The molecule has 36 heavy (non-hydrogen) atoms. The van der Waals surface area contributed by atoms with E-state index in [1.54, 1.807) is 36.4 Å². The first-order valence-corrected chi connectivity index (χ1v) is 13.7. The van der Waals surface area contributed by atoms with Crippen molar-refractivity contribution in [3.05, 3.63) is 89.5 Å². The van der Waals surface area contributed by atoms with Crippen molar-refractivity contribution < 1.29 is 17.9 Å². The molecular formula is C29H34N2O4S. The molecule has 0 radical (unpaired) electrons. The zero-order valence-corrected chi connectivity index (χ0v) is 22.3. The van der Waals surface area contributed by atoms with Crippen LogP contribution in [0.3, 0.4) is 0 Å². The molecular weight excluding hydrogens is 472 g/mol. The molecule has 2 unspecified atom stereocenters. The molecule has 3 aromatic carbocycles. The first-order valence-electron chi connectivity index (χ1n) is 12.3. The number of nitrogens with one attached hydrogen (secondary N) is 1. The molecule has 0 saturated heterocycles. The first kappa shape index (κ1) is 25.8. The average Bonchev–Trinajstić information content (AvgIpc) is 2.87. The number of aryl methyl sites for hydroxylation is 1. The van der Waals surface area contributed by atoms with Crippen molar-refractivity contribution in [2.75, 3.05) is 10.8 Å². The van der Waals surface area contributed by atoms with Crippen LogP contribution in [0.25, 0.3) is 0 Å². The standard InChI is InChI=1S/C29H34N2O4S/c1-6-21-12-14-22(15-13-21)20(2)30-28(32)27-19-31(36(33,34)24-10-8-7-9-11-24)25-18-23(29(3,4)5)16-17-26(25)35-27/h7-18,20,27H,6,19H2,1-5H3,(H,30,32). The Labute approximate surface area is 214 Å². The van der Waals surface area contributed by atoms with Crippen LogP contribution in [-0.4, -0.2) is 27.0 Å². The Balaban J connectivity index is 1.66. The number of hydrogen-bond donors (Lipinski definition) is 1. The van der Waals surface area contributed by atoms with Crippen molar-refractivity contribution in [2.24, 2.45) is 0 Å². The number of amides is 1. The van der Waals surface area contributed by atoms with Gasteiger partial charge in [-0.15, -0.1) is 0 Å². The smallest absolute Gasteiger partial charge is 0.264 e. The van der Waals surface area contributed by atoms with Gasteiger partial charge in [-0.05, 0) is 59.7 Å². The normalized spacial score (nSPS) is 16.6. The van der Waals surface area contributed by atoms with Crippen LogP contribution < -0.4 is 14.4 Å². The molecule has 0 bridgehead atoms. The fraction of sp³-hybridized carbons (Fsp3) is 0.345. The molecule has 1 amide bonds. The number of fused-ring (bicyclic) bond motifs is 1. The number of anilines is 1. The van der Waals surface area contributed by atoms with Gasteiger partial charge in [0.2, 0.25) is 0 Å². The van der Waals surface area contributed by atoms with E-state index in [2.05, 4.69) is 33.0 Å². The summed E-state index contributed by atoms with van der Waals surface area (Å²) in [5, 5.41) is 3.00. The number of nitrogens with zero attached hydrogens (tertiary/aromatic N) is 1. The molecule has 3 aromatic rings. The van der Waals surface area contributed by atoms with Gasteiger partial charge in [0.05, 0.1) is 23.2 Å². The molecule has 0 aromatic heterocycles. The first-order chi connectivity index (χ1) is 17.0. The third kappa shape index (κ3) is 5.26. The topological polar surface area (TPSA) is 75.7 Å². The molecule has 0 spiro atoms. The lowest BCUT2D eigenvalue weighted by Crippen LogP contribution is -2.51. The van der Waals surface area contributed by atoms with Crippen LogP contribution in [0, 0.1) is 0 Å². The van der Waals surface area contributed by atoms with Crippen LogP contribution >= 0.6 is 0 Å². The molecule has 0 fully saturated rings. The van der Waals surface area contributed by atoms with E-state index in [0.717, 1.165) is 17.5 Å². The van der Waals surface area contributed by atoms with Gasteiger partial charge in [0, 0.05) is 0 Å². The van der Waals surface area contributed by atoms with Crippen LogP contribution in [0.2, 0.25) is 0 Å². The largest absolute Gasteiger partial charge is 0.476 e. The highest BCUT2D eigenvalue weighted by Crippen LogP contribution is 2.40. The third-order valence-corrected chi connectivity index (χ3v) is 8.36. The predicted molar refractivity (Wildman–Crippen MR) is 143 cm³/mol. The summed E-state index contributed by atoms with van der Waals surface area (Å²) in [5.41, 5.74) is 3.43. The van der Waals surface area contributed by atoms with E-state index >= 15 is 0 Å². The van der Waals surface area contributed by atoms with E-state index in [9.17, 15) is 13.2 Å². The van der Waals surface area contributed by atoms with E-state index < -0.39 is 16.1 Å². The number of carbonyl (C=O) groups is 1. The van der Waals surface area contributed by atoms with Crippen molar-refractivity contribution in [3.8, 4) is 5.75 Å². The van der Waals surface area contributed by atoms with Crippen molar-refractivity contribution in [2.45, 2.75) is 63.5 Å². The summed E-state index contributed by atoms with van der Waals surface area (Å²) in [6.07, 6.45) is -0.0484. The van der Waals surface area contributed by atoms with Gasteiger partial charge in [0.1, 0.15) is 5.75 Å². The Bertz CT molecular complexity index is 1330. The van der Waals surface area contributed by atoms with Gasteiger partial charge in [-0.3, -0.25) is 9.10 Å². The summed E-state index contributed by atoms with van der Waals surface area (Å²) in [5.74, 6) is 0.00901. The summed E-state index contributed by atoms with van der Waals surface area (Å²) < 4.78 is 34.8. The maximum Gasteiger partial charge on any atom is 0.264 e. The molecule has 1 heterocycles. The third-order valence-electron chi connectivity index (χ3n) is 6.56. The Hall–Kier alpha value is -3.32. The minimum atomic E-state index is -3.92. The summed E-state index contributed by atoms with van der Waals surface area (Å²) >= 11 is 0. The van der Waals surface area contributed by atoms with Gasteiger partial charge in [0.25, 0.3) is 15.9 Å². The van der Waals surface area contributed by atoms with Crippen LogP contribution in [0.15, 0.2) is 77.7 Å². The van der Waals surface area contributed by atoms with Crippen molar-refractivity contribution in [1.82, 2.24) is 5.32 Å². The van der Waals surface area contributed by atoms with E-state index in [1.807, 2.05) is 43.3 Å². The quantitative estimate of drug-likeness (QED) is 0.487. The lowest BCUT2D eigenvalue weighted by Gasteiger charge is -2.36. The van der Waals surface area contributed by atoms with Gasteiger partial charge in [-0.2, -0.15) is 0 Å². The van der Waals surface area contributed by atoms with Crippen LogP contribution in [0.4, 0.5) is 5.69 Å². The second-order valence-corrected chi connectivity index (χ2v) is 12.1. The van der Waals surface area contributed by atoms with E-state index in [1.165, 1.54) is 9.87 Å². The monoisotopic (exact) mass is 506 g/mol. The minimum absolute atomic E-state index is 0.120. The predicted octanol–water partition coefficient (Wildman–Crippen LogP) is 5.38. The maximum absolute atomic E-state index is 13.7. The molecule has 190 valence electrons. The zero-order valence-electron chi connectivity index (χ0n) is 21.5. The summed E-state index contributed by atoms with van der Waals surface area (Å²) in [4.78, 5) is 13.5. The molecule has 1 aliphatic heterocycles. The van der Waals surface area contributed by atoms with Crippen molar-refractivity contribution in [1.29, 1.82) is 0 Å². The Morgan fingerprint density at radius 2 is 1.72 bits per heavy atom. The second-order valence-electron chi connectivity index (χ2n) is 10.2. The van der Waals surface area contributed by atoms with Crippen molar-refractivity contribution in [3.63, 3.8) is 0 Å². The lowest BCUT2D eigenvalue weighted by molar-refractivity contribution is -0.128. The molecule has 2 atom stereocenters. The van der Waals surface area contributed by atoms with E-state index in [0.29, 0.717) is 11.4 Å². The molecule has 1 aliphatic rings.